The Morgan fingerprint density at radius 3 is 3.00 bits per heavy atom. The van der Waals surface area contributed by atoms with Crippen molar-refractivity contribution >= 4 is 28.1 Å². The molecule has 1 N–H and O–H groups in total. The molecule has 0 aliphatic carbocycles. The van der Waals surface area contributed by atoms with Gasteiger partial charge < -0.3 is 19.7 Å². The molecule has 1 aromatic carbocycles. The molecule has 0 bridgehead atoms. The van der Waals surface area contributed by atoms with Gasteiger partial charge in [0, 0.05) is 43.7 Å². The van der Waals surface area contributed by atoms with E-state index in [9.17, 15) is 4.79 Å². The molecule has 1 aromatic heterocycles. The summed E-state index contributed by atoms with van der Waals surface area (Å²) in [5.74, 6) is 0.669. The number of nitrogens with zero attached hydrogens (tertiary/aromatic N) is 2. The Morgan fingerprint density at radius 1 is 1.38 bits per heavy atom. The van der Waals surface area contributed by atoms with E-state index in [4.69, 9.17) is 9.47 Å². The molecule has 6 nitrogen and oxygen atoms in total. The Hall–Kier alpha value is -2.28. The zero-order valence-corrected chi connectivity index (χ0v) is 14.4. The van der Waals surface area contributed by atoms with Crippen molar-refractivity contribution in [1.29, 1.82) is 0 Å². The third kappa shape index (κ3) is 2.80. The quantitative estimate of drug-likeness (QED) is 0.925. The van der Waals surface area contributed by atoms with Crippen molar-refractivity contribution in [2.45, 2.75) is 38.5 Å². The van der Waals surface area contributed by atoms with E-state index in [1.54, 1.807) is 17.5 Å². The monoisotopic (exact) mass is 345 g/mol. The van der Waals surface area contributed by atoms with Gasteiger partial charge in [0.2, 0.25) is 11.7 Å². The Morgan fingerprint density at radius 2 is 2.21 bits per heavy atom. The number of hydrogen-bond donors (Lipinski definition) is 1. The van der Waals surface area contributed by atoms with Crippen molar-refractivity contribution in [1.82, 2.24) is 4.98 Å². The van der Waals surface area contributed by atoms with Crippen LogP contribution in [0.2, 0.25) is 0 Å². The molecule has 0 spiro atoms. The van der Waals surface area contributed by atoms with Crippen LogP contribution in [0.15, 0.2) is 29.8 Å². The highest BCUT2D eigenvalue weighted by molar-refractivity contribution is 7.13. The highest BCUT2D eigenvalue weighted by atomic mass is 32.1. The van der Waals surface area contributed by atoms with E-state index in [1.165, 1.54) is 0 Å². The first-order valence-electron chi connectivity index (χ1n) is 8.01. The maximum atomic E-state index is 12.7. The van der Waals surface area contributed by atoms with E-state index in [0.717, 1.165) is 24.5 Å². The highest BCUT2D eigenvalue weighted by Crippen LogP contribution is 2.40. The molecule has 0 saturated carbocycles. The van der Waals surface area contributed by atoms with Gasteiger partial charge in [0.1, 0.15) is 6.04 Å². The zero-order chi connectivity index (χ0) is 16.7. The van der Waals surface area contributed by atoms with Crippen LogP contribution in [0.1, 0.15) is 26.7 Å². The smallest absolute Gasteiger partial charge is 0.247 e. The lowest BCUT2D eigenvalue weighted by molar-refractivity contribution is -0.117. The number of hydrogen-bond acceptors (Lipinski definition) is 6. The molecule has 2 aliphatic rings. The number of rotatable bonds is 3. The van der Waals surface area contributed by atoms with Gasteiger partial charge in [-0.15, -0.1) is 11.3 Å². The molecule has 24 heavy (non-hydrogen) atoms. The summed E-state index contributed by atoms with van der Waals surface area (Å²) >= 11 is 1.56. The van der Waals surface area contributed by atoms with Gasteiger partial charge in [-0.2, -0.15) is 0 Å². The van der Waals surface area contributed by atoms with Gasteiger partial charge in [-0.05, 0) is 25.0 Å². The highest BCUT2D eigenvalue weighted by Gasteiger charge is 2.34. The van der Waals surface area contributed by atoms with Gasteiger partial charge in [-0.25, -0.2) is 4.98 Å². The number of fused-ring (bicyclic) bond motifs is 1. The molecule has 1 atom stereocenters. The molecule has 7 heteroatoms. The summed E-state index contributed by atoms with van der Waals surface area (Å²) < 4.78 is 11.4. The minimum absolute atomic E-state index is 0.0131. The summed E-state index contributed by atoms with van der Waals surface area (Å²) in [5.41, 5.74) is 0.714. The van der Waals surface area contributed by atoms with Crippen molar-refractivity contribution in [3.8, 4) is 11.5 Å². The maximum Gasteiger partial charge on any atom is 0.247 e. The summed E-state index contributed by atoms with van der Waals surface area (Å²) in [5, 5.41) is 5.83. The zero-order valence-electron chi connectivity index (χ0n) is 13.6. The van der Waals surface area contributed by atoms with Crippen molar-refractivity contribution in [3.05, 3.63) is 29.8 Å². The van der Waals surface area contributed by atoms with Crippen LogP contribution in [0.5, 0.6) is 11.5 Å². The molecular weight excluding hydrogens is 326 g/mol. The van der Waals surface area contributed by atoms with E-state index in [-0.39, 0.29) is 11.9 Å². The Kier molecular flexibility index (Phi) is 3.60. The van der Waals surface area contributed by atoms with E-state index in [0.29, 0.717) is 17.2 Å². The number of carbonyl (C=O) groups excluding carboxylic acids is 1. The molecule has 3 heterocycles. The fourth-order valence-electron chi connectivity index (χ4n) is 3.15. The van der Waals surface area contributed by atoms with Crippen LogP contribution in [-0.4, -0.2) is 29.3 Å². The number of benzene rings is 1. The summed E-state index contributed by atoms with van der Waals surface area (Å²) in [4.78, 5) is 19.1. The number of aromatic nitrogens is 1. The predicted molar refractivity (Wildman–Crippen MR) is 92.9 cm³/mol. The first-order chi connectivity index (χ1) is 11.5. The lowest BCUT2D eigenvalue weighted by Gasteiger charge is -2.23. The third-order valence-electron chi connectivity index (χ3n) is 4.14. The molecule has 2 aromatic rings. The largest absolute Gasteiger partial charge is 0.449 e. The number of ether oxygens (including phenoxy) is 2. The molecule has 2 aliphatic heterocycles. The average Bonchev–Trinajstić information content (AvgIpc) is 3.24. The SMILES string of the molecule is CC1(C)Oc2ccc(NC(=O)[C@H]3CCCN3c3nccs3)cc2O1. The maximum absolute atomic E-state index is 12.7. The second-order valence-electron chi connectivity index (χ2n) is 6.42. The van der Waals surface area contributed by atoms with Crippen LogP contribution in [0.4, 0.5) is 10.8 Å². The topological polar surface area (TPSA) is 63.7 Å². The molecule has 0 unspecified atom stereocenters. The first-order valence-corrected chi connectivity index (χ1v) is 8.89. The summed E-state index contributed by atoms with van der Waals surface area (Å²) in [7, 11) is 0. The fraction of sp³-hybridized carbons (Fsp3) is 0.412. The van der Waals surface area contributed by atoms with Crippen LogP contribution in [0.25, 0.3) is 0 Å². The van der Waals surface area contributed by atoms with Crippen LogP contribution in [0.3, 0.4) is 0 Å². The van der Waals surface area contributed by atoms with Crippen molar-refractivity contribution in [3.63, 3.8) is 0 Å². The van der Waals surface area contributed by atoms with Crippen LogP contribution in [0, 0.1) is 0 Å². The van der Waals surface area contributed by atoms with Gasteiger partial charge in [0.15, 0.2) is 16.6 Å². The van der Waals surface area contributed by atoms with Gasteiger partial charge in [-0.1, -0.05) is 0 Å². The molecule has 0 radical (unpaired) electrons. The van der Waals surface area contributed by atoms with Crippen molar-refractivity contribution in [2.24, 2.45) is 0 Å². The summed E-state index contributed by atoms with van der Waals surface area (Å²) in [6, 6.07) is 5.29. The lowest BCUT2D eigenvalue weighted by Crippen LogP contribution is -2.39. The Bertz CT molecular complexity index is 760. The van der Waals surface area contributed by atoms with Crippen LogP contribution >= 0.6 is 11.3 Å². The number of carbonyl (C=O) groups is 1. The van der Waals surface area contributed by atoms with Crippen molar-refractivity contribution < 1.29 is 14.3 Å². The number of anilines is 2. The average molecular weight is 345 g/mol. The standard InChI is InChI=1S/C17H19N3O3S/c1-17(2)22-13-6-5-11(10-14(13)23-17)19-15(21)12-4-3-8-20(12)16-18-7-9-24-16/h5-7,9-10,12H,3-4,8H2,1-2H3,(H,19,21)/t12-/m1/s1. The van der Waals surface area contributed by atoms with E-state index >= 15 is 0 Å². The molecule has 1 saturated heterocycles. The second kappa shape index (κ2) is 5.66. The lowest BCUT2D eigenvalue weighted by atomic mass is 10.2. The van der Waals surface area contributed by atoms with Crippen molar-refractivity contribution in [2.75, 3.05) is 16.8 Å². The minimum Gasteiger partial charge on any atom is -0.449 e. The summed E-state index contributed by atoms with van der Waals surface area (Å²) in [6.07, 6.45) is 3.60. The van der Waals surface area contributed by atoms with E-state index < -0.39 is 5.79 Å². The normalized spacial score (nSPS) is 21.1. The number of nitrogens with one attached hydrogen (secondary N) is 1. The first kappa shape index (κ1) is 15.3. The molecule has 1 fully saturated rings. The summed E-state index contributed by atoms with van der Waals surface area (Å²) in [6.45, 7) is 4.58. The minimum atomic E-state index is -0.669. The molecular formula is C17H19N3O3S. The van der Waals surface area contributed by atoms with Gasteiger partial charge in [-0.3, -0.25) is 4.79 Å². The van der Waals surface area contributed by atoms with Gasteiger partial charge >= 0.3 is 0 Å². The molecule has 126 valence electrons. The Balaban J connectivity index is 1.49. The van der Waals surface area contributed by atoms with Crippen LogP contribution < -0.4 is 19.7 Å². The number of amides is 1. The molecule has 1 amide bonds. The van der Waals surface area contributed by atoms with Gasteiger partial charge in [0.25, 0.3) is 0 Å². The Labute approximate surface area is 144 Å². The fourth-order valence-corrected chi connectivity index (χ4v) is 3.87. The van der Waals surface area contributed by atoms with E-state index in [1.807, 2.05) is 37.4 Å². The van der Waals surface area contributed by atoms with Crippen LogP contribution in [-0.2, 0) is 4.79 Å². The van der Waals surface area contributed by atoms with E-state index in [2.05, 4.69) is 15.2 Å². The van der Waals surface area contributed by atoms with Gasteiger partial charge in [0.05, 0.1) is 0 Å². The molecule has 4 rings (SSSR count). The third-order valence-corrected chi connectivity index (χ3v) is 4.95. The number of thiazole rings is 1. The predicted octanol–water partition coefficient (Wildman–Crippen LogP) is 3.26. The second-order valence-corrected chi connectivity index (χ2v) is 7.29.